The van der Waals surface area contributed by atoms with Gasteiger partial charge >= 0.3 is 6.03 Å². The van der Waals surface area contributed by atoms with E-state index in [1.54, 1.807) is 30.6 Å². The van der Waals surface area contributed by atoms with E-state index in [-0.39, 0.29) is 0 Å². The van der Waals surface area contributed by atoms with Gasteiger partial charge in [-0.2, -0.15) is 10.2 Å². The third-order valence-electron chi connectivity index (χ3n) is 4.93. The highest BCUT2D eigenvalue weighted by Gasteiger charge is 2.34. The largest absolute Gasteiger partial charge is 0.328 e. The predicted molar refractivity (Wildman–Crippen MR) is 116 cm³/mol. The van der Waals surface area contributed by atoms with Gasteiger partial charge in [0.25, 0.3) is 11.8 Å². The Labute approximate surface area is 186 Å². The second-order valence-corrected chi connectivity index (χ2v) is 7.16. The van der Waals surface area contributed by atoms with Crippen LogP contribution in [0.25, 0.3) is 22.6 Å². The first-order valence-electron chi connectivity index (χ1n) is 9.96. The van der Waals surface area contributed by atoms with Crippen LogP contribution < -0.4 is 10.6 Å². The number of hydrogen-bond donors (Lipinski definition) is 2. The number of imide groups is 2. The minimum atomic E-state index is -1.44. The van der Waals surface area contributed by atoms with Crippen LogP contribution in [0.5, 0.6) is 0 Å². The molecule has 3 aromatic heterocycles. The lowest BCUT2D eigenvalue weighted by Crippen LogP contribution is -2.57. The van der Waals surface area contributed by atoms with Crippen LogP contribution in [-0.4, -0.2) is 43.4 Å². The first kappa shape index (κ1) is 20.1. The molecule has 1 aliphatic heterocycles. The molecule has 0 bridgehead atoms. The van der Waals surface area contributed by atoms with Gasteiger partial charge in [0.05, 0.1) is 29.0 Å². The summed E-state index contributed by atoms with van der Waals surface area (Å²) in [5.41, 5.74) is 3.42. The molecule has 0 spiro atoms. The van der Waals surface area contributed by atoms with Crippen molar-refractivity contribution in [3.63, 3.8) is 0 Å². The van der Waals surface area contributed by atoms with Gasteiger partial charge in [0.1, 0.15) is 5.69 Å². The maximum Gasteiger partial charge on any atom is 0.328 e. The Bertz CT molecular complexity index is 1380. The first-order chi connectivity index (χ1) is 16.1. The molecule has 4 aromatic rings. The third-order valence-corrected chi connectivity index (χ3v) is 4.93. The number of carbonyl (C=O) groups is 3. The van der Waals surface area contributed by atoms with E-state index < -0.39 is 23.9 Å². The van der Waals surface area contributed by atoms with Gasteiger partial charge < -0.3 is 4.57 Å². The van der Waals surface area contributed by atoms with Crippen molar-refractivity contribution in [1.82, 2.24) is 30.2 Å². The van der Waals surface area contributed by atoms with E-state index in [1.165, 1.54) is 0 Å². The lowest BCUT2D eigenvalue weighted by Gasteiger charge is -2.16. The lowest BCUT2D eigenvalue weighted by atomic mass is 10.2. The molecule has 0 saturated carbocycles. The van der Waals surface area contributed by atoms with Crippen LogP contribution >= 0.6 is 0 Å². The third kappa shape index (κ3) is 4.06. The number of rotatable bonds is 5. The molecule has 33 heavy (non-hydrogen) atoms. The number of hydrogen-bond acceptors (Lipinski definition) is 8. The van der Waals surface area contributed by atoms with Gasteiger partial charge in [-0.25, -0.2) is 9.78 Å². The Morgan fingerprint density at radius 3 is 2.36 bits per heavy atom. The van der Waals surface area contributed by atoms with Crippen molar-refractivity contribution in [3.05, 3.63) is 72.7 Å². The summed E-state index contributed by atoms with van der Waals surface area (Å²) in [4.78, 5) is 48.6. The molecule has 1 fully saturated rings. The number of azo groups is 1. The molecule has 0 unspecified atom stereocenters. The Hall–Kier alpha value is -4.80. The van der Waals surface area contributed by atoms with E-state index in [0.29, 0.717) is 29.3 Å². The van der Waals surface area contributed by atoms with Crippen molar-refractivity contribution in [2.75, 3.05) is 0 Å². The van der Waals surface area contributed by atoms with E-state index in [4.69, 9.17) is 4.98 Å². The molecular formula is C22H16N8O3. The first-order valence-corrected chi connectivity index (χ1v) is 9.96. The standard InChI is InChI=1S/C22H16N8O3/c31-20-18(21(32)27-22(33)26-20)29-28-13-7-8-15-17(11-13)30(12-14-5-1-3-9-23-14)19(25-15)16-6-2-4-10-24-16/h1-11,18H,12H2,(H2,26,27,31,32,33). The number of imidazole rings is 1. The highest BCUT2D eigenvalue weighted by molar-refractivity contribution is 6.18. The van der Waals surface area contributed by atoms with E-state index in [0.717, 1.165) is 11.2 Å². The van der Waals surface area contributed by atoms with Crippen LogP contribution in [0, 0.1) is 0 Å². The molecule has 1 saturated heterocycles. The molecular weight excluding hydrogens is 424 g/mol. The van der Waals surface area contributed by atoms with Crippen LogP contribution in [0.3, 0.4) is 0 Å². The maximum absolute atomic E-state index is 11.9. The molecule has 1 aromatic carbocycles. The van der Waals surface area contributed by atoms with Crippen molar-refractivity contribution >= 4 is 34.6 Å². The summed E-state index contributed by atoms with van der Waals surface area (Å²) in [6.45, 7) is 0.444. The topological polar surface area (TPSA) is 144 Å². The molecule has 2 N–H and O–H groups in total. The highest BCUT2D eigenvalue weighted by atomic mass is 16.2. The second kappa shape index (κ2) is 8.38. The summed E-state index contributed by atoms with van der Waals surface area (Å²) >= 11 is 0. The summed E-state index contributed by atoms with van der Waals surface area (Å²) in [5.74, 6) is -0.993. The zero-order valence-corrected chi connectivity index (χ0v) is 17.0. The zero-order chi connectivity index (χ0) is 22.8. The monoisotopic (exact) mass is 440 g/mol. The molecule has 0 atom stereocenters. The smallest absolute Gasteiger partial charge is 0.317 e. The number of amides is 4. The number of urea groups is 1. The fourth-order valence-electron chi connectivity index (χ4n) is 3.42. The Morgan fingerprint density at radius 1 is 0.909 bits per heavy atom. The number of nitrogens with one attached hydrogen (secondary N) is 2. The number of aromatic nitrogens is 4. The number of carbonyl (C=O) groups excluding carboxylic acids is 3. The molecule has 11 heteroatoms. The Kier molecular flexibility index (Phi) is 5.11. The average Bonchev–Trinajstić information content (AvgIpc) is 3.17. The number of barbiturate groups is 1. The normalized spacial score (nSPS) is 14.6. The van der Waals surface area contributed by atoms with Crippen molar-refractivity contribution in [2.45, 2.75) is 12.6 Å². The fraction of sp³-hybridized carbons (Fsp3) is 0.0909. The summed E-state index contributed by atoms with van der Waals surface area (Å²) < 4.78 is 1.97. The summed E-state index contributed by atoms with van der Waals surface area (Å²) in [6, 6.07) is 14.1. The minimum Gasteiger partial charge on any atom is -0.317 e. The van der Waals surface area contributed by atoms with Crippen LogP contribution in [0.1, 0.15) is 5.69 Å². The van der Waals surface area contributed by atoms with Gasteiger partial charge in [0, 0.05) is 12.4 Å². The van der Waals surface area contributed by atoms with Crippen molar-refractivity contribution < 1.29 is 14.4 Å². The van der Waals surface area contributed by atoms with Crippen molar-refractivity contribution in [2.24, 2.45) is 10.2 Å². The molecule has 4 heterocycles. The van der Waals surface area contributed by atoms with Crippen molar-refractivity contribution in [1.29, 1.82) is 0 Å². The van der Waals surface area contributed by atoms with Gasteiger partial charge in [0.15, 0.2) is 5.82 Å². The zero-order valence-electron chi connectivity index (χ0n) is 17.0. The molecule has 5 rings (SSSR count). The predicted octanol–water partition coefficient (Wildman–Crippen LogP) is 2.36. The van der Waals surface area contributed by atoms with Crippen LogP contribution in [0.2, 0.25) is 0 Å². The van der Waals surface area contributed by atoms with Gasteiger partial charge in [-0.3, -0.25) is 30.2 Å². The fourth-order valence-corrected chi connectivity index (χ4v) is 3.42. The van der Waals surface area contributed by atoms with Gasteiger partial charge in [-0.15, -0.1) is 0 Å². The van der Waals surface area contributed by atoms with E-state index in [2.05, 4.69) is 20.2 Å². The van der Waals surface area contributed by atoms with Gasteiger partial charge in [-0.1, -0.05) is 12.1 Å². The second-order valence-electron chi connectivity index (χ2n) is 7.16. The molecule has 0 aliphatic carbocycles. The molecule has 0 radical (unpaired) electrons. The number of pyridine rings is 2. The quantitative estimate of drug-likeness (QED) is 0.360. The molecule has 11 nitrogen and oxygen atoms in total. The van der Waals surface area contributed by atoms with E-state index in [1.807, 2.05) is 51.6 Å². The van der Waals surface area contributed by atoms with Crippen LogP contribution in [0.4, 0.5) is 10.5 Å². The van der Waals surface area contributed by atoms with Crippen molar-refractivity contribution in [3.8, 4) is 11.5 Å². The SMILES string of the molecule is O=C1NC(=O)C(N=Nc2ccc3nc(-c4ccccn4)n(Cc4ccccn4)c3c2)C(=O)N1. The van der Waals surface area contributed by atoms with E-state index >= 15 is 0 Å². The maximum atomic E-state index is 11.9. The number of benzene rings is 1. The van der Waals surface area contributed by atoms with Gasteiger partial charge in [0.2, 0.25) is 6.04 Å². The Balaban J connectivity index is 1.55. The number of nitrogens with zero attached hydrogens (tertiary/aromatic N) is 6. The minimum absolute atomic E-state index is 0.412. The number of fused-ring (bicyclic) bond motifs is 1. The molecule has 1 aliphatic rings. The van der Waals surface area contributed by atoms with Crippen LogP contribution in [0.15, 0.2) is 77.2 Å². The lowest BCUT2D eigenvalue weighted by molar-refractivity contribution is -0.131. The van der Waals surface area contributed by atoms with Gasteiger partial charge in [-0.05, 0) is 42.5 Å². The molecule has 162 valence electrons. The summed E-state index contributed by atoms with van der Waals surface area (Å²) in [7, 11) is 0. The Morgan fingerprint density at radius 2 is 1.67 bits per heavy atom. The molecule has 4 amide bonds. The van der Waals surface area contributed by atoms with E-state index in [9.17, 15) is 14.4 Å². The highest BCUT2D eigenvalue weighted by Crippen LogP contribution is 2.28. The summed E-state index contributed by atoms with van der Waals surface area (Å²) in [6.07, 6.45) is 3.42. The summed E-state index contributed by atoms with van der Waals surface area (Å²) in [5, 5.41) is 11.9. The van der Waals surface area contributed by atoms with Crippen LogP contribution in [-0.2, 0) is 16.1 Å². The average molecular weight is 440 g/mol.